The molecule has 22 heavy (non-hydrogen) atoms. The highest BCUT2D eigenvalue weighted by atomic mass is 32.2. The summed E-state index contributed by atoms with van der Waals surface area (Å²) in [6.45, 7) is 5.63. The minimum atomic E-state index is -3.72. The summed E-state index contributed by atoms with van der Waals surface area (Å²) in [6.07, 6.45) is 0.460. The van der Waals surface area contributed by atoms with Gasteiger partial charge in [0.05, 0.1) is 5.75 Å². The van der Waals surface area contributed by atoms with Crippen LogP contribution in [-0.4, -0.2) is 62.5 Å². The first kappa shape index (κ1) is 17.4. The minimum absolute atomic E-state index is 0.0175. The third-order valence-electron chi connectivity index (χ3n) is 3.74. The highest BCUT2D eigenvalue weighted by Gasteiger charge is 2.33. The molecule has 1 aromatic rings. The predicted molar refractivity (Wildman–Crippen MR) is 80.4 cm³/mol. The highest BCUT2D eigenvalue weighted by molar-refractivity contribution is 7.89. The molecule has 0 spiro atoms. The van der Waals surface area contributed by atoms with Gasteiger partial charge in [-0.15, -0.1) is 0 Å². The standard InChI is InChI=1S/C12H21N3O5S2/c1-4-21(16,17)14-6-5-7-15(9-8-14)22(18,19)12-10(2)13-20-11(12)3/h4-9H2,1-3H3. The van der Waals surface area contributed by atoms with E-state index in [9.17, 15) is 16.8 Å². The van der Waals surface area contributed by atoms with E-state index in [2.05, 4.69) is 5.16 Å². The Bertz CT molecular complexity index is 719. The maximum Gasteiger partial charge on any atom is 0.248 e. The lowest BCUT2D eigenvalue weighted by Crippen LogP contribution is -2.38. The van der Waals surface area contributed by atoms with E-state index in [1.54, 1.807) is 20.8 Å². The summed E-state index contributed by atoms with van der Waals surface area (Å²) in [6, 6.07) is 0. The van der Waals surface area contributed by atoms with Crippen LogP contribution in [0.25, 0.3) is 0 Å². The fraction of sp³-hybridized carbons (Fsp3) is 0.750. The molecule has 2 heterocycles. The monoisotopic (exact) mass is 351 g/mol. The van der Waals surface area contributed by atoms with E-state index >= 15 is 0 Å². The van der Waals surface area contributed by atoms with E-state index in [0.29, 0.717) is 18.7 Å². The molecule has 0 atom stereocenters. The fourth-order valence-corrected chi connectivity index (χ4v) is 5.44. The third kappa shape index (κ3) is 3.19. The molecule has 1 aliphatic heterocycles. The van der Waals surface area contributed by atoms with Gasteiger partial charge in [0.25, 0.3) is 0 Å². The summed E-state index contributed by atoms with van der Waals surface area (Å²) in [5, 5.41) is 3.68. The molecule has 0 unspecified atom stereocenters. The summed E-state index contributed by atoms with van der Waals surface area (Å²) in [7, 11) is -7.03. The van der Waals surface area contributed by atoms with Crippen LogP contribution in [0.2, 0.25) is 0 Å². The molecule has 0 saturated carbocycles. The van der Waals surface area contributed by atoms with Crippen molar-refractivity contribution in [1.29, 1.82) is 0 Å². The first-order chi connectivity index (χ1) is 10.2. The lowest BCUT2D eigenvalue weighted by Gasteiger charge is -2.21. The van der Waals surface area contributed by atoms with E-state index < -0.39 is 20.0 Å². The average Bonchev–Trinajstić information content (AvgIpc) is 2.68. The van der Waals surface area contributed by atoms with Crippen molar-refractivity contribution in [3.05, 3.63) is 11.5 Å². The number of hydrogen-bond donors (Lipinski definition) is 0. The normalized spacial score (nSPS) is 19.2. The van der Waals surface area contributed by atoms with Crippen LogP contribution in [-0.2, 0) is 20.0 Å². The van der Waals surface area contributed by atoms with Crippen molar-refractivity contribution in [3.8, 4) is 0 Å². The highest BCUT2D eigenvalue weighted by Crippen LogP contribution is 2.24. The van der Waals surface area contributed by atoms with Crippen molar-refractivity contribution in [2.75, 3.05) is 31.9 Å². The summed E-state index contributed by atoms with van der Waals surface area (Å²) < 4.78 is 56.9. The molecule has 126 valence electrons. The smallest absolute Gasteiger partial charge is 0.248 e. The molecule has 1 saturated heterocycles. The van der Waals surface area contributed by atoms with Crippen molar-refractivity contribution in [2.24, 2.45) is 0 Å². The quantitative estimate of drug-likeness (QED) is 0.775. The average molecular weight is 351 g/mol. The number of nitrogens with zero attached hydrogens (tertiary/aromatic N) is 3. The van der Waals surface area contributed by atoms with Crippen molar-refractivity contribution in [1.82, 2.24) is 13.8 Å². The Labute approximate surface area is 131 Å². The minimum Gasteiger partial charge on any atom is -0.360 e. The molecule has 2 rings (SSSR count). The molecule has 1 fully saturated rings. The van der Waals surface area contributed by atoms with E-state index in [1.807, 2.05) is 0 Å². The second-order valence-electron chi connectivity index (χ2n) is 5.21. The number of rotatable bonds is 4. The number of aromatic nitrogens is 1. The maximum atomic E-state index is 12.7. The maximum absolute atomic E-state index is 12.7. The summed E-state index contributed by atoms with van der Waals surface area (Å²) in [5.41, 5.74) is 0.319. The molecule has 0 N–H and O–H groups in total. The second-order valence-corrected chi connectivity index (χ2v) is 9.34. The second kappa shape index (κ2) is 6.26. The van der Waals surface area contributed by atoms with E-state index in [-0.39, 0.29) is 36.0 Å². The molecule has 8 nitrogen and oxygen atoms in total. The molecule has 0 aromatic carbocycles. The Morgan fingerprint density at radius 3 is 2.18 bits per heavy atom. The van der Waals surface area contributed by atoms with E-state index in [0.717, 1.165) is 0 Å². The van der Waals surface area contributed by atoms with E-state index in [4.69, 9.17) is 4.52 Å². The number of aryl methyl sites for hydroxylation is 2. The van der Waals surface area contributed by atoms with Gasteiger partial charge in [0.2, 0.25) is 20.0 Å². The molecule has 0 amide bonds. The van der Waals surface area contributed by atoms with Gasteiger partial charge in [0, 0.05) is 26.2 Å². The van der Waals surface area contributed by atoms with Crippen molar-refractivity contribution in [2.45, 2.75) is 32.1 Å². The van der Waals surface area contributed by atoms with Crippen molar-refractivity contribution in [3.63, 3.8) is 0 Å². The zero-order valence-electron chi connectivity index (χ0n) is 12.9. The first-order valence-electron chi connectivity index (χ1n) is 7.11. The van der Waals surface area contributed by atoms with Crippen LogP contribution in [0.15, 0.2) is 9.42 Å². The largest absolute Gasteiger partial charge is 0.360 e. The third-order valence-corrected chi connectivity index (χ3v) is 7.76. The number of hydrogen-bond acceptors (Lipinski definition) is 6. The Kier molecular flexibility index (Phi) is 4.95. The zero-order valence-corrected chi connectivity index (χ0v) is 14.6. The molecule has 0 bridgehead atoms. The Morgan fingerprint density at radius 2 is 1.64 bits per heavy atom. The lowest BCUT2D eigenvalue weighted by atomic mass is 10.4. The van der Waals surface area contributed by atoms with Crippen LogP contribution >= 0.6 is 0 Å². The van der Waals surface area contributed by atoms with Gasteiger partial charge in [-0.2, -0.15) is 4.31 Å². The van der Waals surface area contributed by atoms with Gasteiger partial charge in [-0.3, -0.25) is 0 Å². The van der Waals surface area contributed by atoms with Gasteiger partial charge in [-0.25, -0.2) is 21.1 Å². The van der Waals surface area contributed by atoms with E-state index in [1.165, 1.54) is 8.61 Å². The van der Waals surface area contributed by atoms with Crippen LogP contribution in [0.5, 0.6) is 0 Å². The van der Waals surface area contributed by atoms with Crippen LogP contribution < -0.4 is 0 Å². The summed E-state index contributed by atoms with van der Waals surface area (Å²) >= 11 is 0. The molecule has 10 heteroatoms. The topological polar surface area (TPSA) is 101 Å². The van der Waals surface area contributed by atoms with Crippen LogP contribution in [0.4, 0.5) is 0 Å². The molecule has 0 radical (unpaired) electrons. The van der Waals surface area contributed by atoms with Gasteiger partial charge in [0.1, 0.15) is 10.6 Å². The van der Waals surface area contributed by atoms with Crippen LogP contribution in [0, 0.1) is 13.8 Å². The Morgan fingerprint density at radius 1 is 1.05 bits per heavy atom. The molecular weight excluding hydrogens is 330 g/mol. The molecular formula is C12H21N3O5S2. The molecule has 1 aliphatic rings. The summed E-state index contributed by atoms with van der Waals surface area (Å²) in [5.74, 6) is 0.267. The molecule has 1 aromatic heterocycles. The van der Waals surface area contributed by atoms with Gasteiger partial charge >= 0.3 is 0 Å². The first-order valence-corrected chi connectivity index (χ1v) is 10.2. The fourth-order valence-electron chi connectivity index (χ4n) is 2.54. The summed E-state index contributed by atoms with van der Waals surface area (Å²) in [4.78, 5) is 0.0827. The van der Waals surface area contributed by atoms with Crippen LogP contribution in [0.1, 0.15) is 24.8 Å². The zero-order chi connectivity index (χ0) is 16.5. The SMILES string of the molecule is CCS(=O)(=O)N1CCCN(S(=O)(=O)c2c(C)noc2C)CC1. The lowest BCUT2D eigenvalue weighted by molar-refractivity contribution is 0.387. The Balaban J connectivity index is 2.25. The van der Waals surface area contributed by atoms with Gasteiger partial charge in [0.15, 0.2) is 5.76 Å². The van der Waals surface area contributed by atoms with Crippen molar-refractivity contribution >= 4 is 20.0 Å². The van der Waals surface area contributed by atoms with Crippen LogP contribution in [0.3, 0.4) is 0 Å². The Hall–Kier alpha value is -0.970. The number of sulfonamides is 2. The molecule has 0 aliphatic carbocycles. The predicted octanol–water partition coefficient (Wildman–Crippen LogP) is 0.338. The van der Waals surface area contributed by atoms with Gasteiger partial charge in [-0.1, -0.05) is 5.16 Å². The van der Waals surface area contributed by atoms with Crippen molar-refractivity contribution < 1.29 is 21.4 Å². The van der Waals surface area contributed by atoms with Gasteiger partial charge < -0.3 is 4.52 Å². The van der Waals surface area contributed by atoms with Gasteiger partial charge in [-0.05, 0) is 27.2 Å².